The molecule has 3 aromatic rings. The van der Waals surface area contributed by atoms with Crippen molar-refractivity contribution >= 4 is 21.6 Å². The Labute approximate surface area is 188 Å². The number of hydrogen-bond acceptors (Lipinski definition) is 4. The van der Waals surface area contributed by atoms with Crippen molar-refractivity contribution in [3.05, 3.63) is 95.6 Å². The largest absolute Gasteiger partial charge is 0.376 e. The lowest BCUT2D eigenvalue weighted by atomic mass is 10.2. The topological polar surface area (TPSA) is 84.5 Å². The normalized spacial score (nSPS) is 13.6. The molecule has 7 heteroatoms. The molecular formula is C25H26N2O4S. The van der Waals surface area contributed by atoms with Gasteiger partial charge < -0.3 is 10.1 Å². The number of anilines is 1. The molecule has 3 aromatic carbocycles. The van der Waals surface area contributed by atoms with Gasteiger partial charge in [0.1, 0.15) is 0 Å². The Morgan fingerprint density at radius 3 is 2.44 bits per heavy atom. The molecule has 0 spiro atoms. The molecule has 0 unspecified atom stereocenters. The highest BCUT2D eigenvalue weighted by atomic mass is 32.2. The molecule has 1 amide bonds. The summed E-state index contributed by atoms with van der Waals surface area (Å²) in [5, 5.41) is 2.84. The standard InChI is InChI=1S/C25H26N2O4S/c28-25(27-23-10-4-8-21(14-23)18-31-17-20-12-13-20)22-9-5-11-24(15-22)32(29,30)26-16-19-6-2-1-3-7-19/h1-11,14-15,20,26H,12-13,16-18H2,(H,27,28). The van der Waals surface area contributed by atoms with E-state index in [-0.39, 0.29) is 22.9 Å². The van der Waals surface area contributed by atoms with Gasteiger partial charge in [0.25, 0.3) is 5.91 Å². The van der Waals surface area contributed by atoms with Crippen molar-refractivity contribution in [2.75, 3.05) is 11.9 Å². The lowest BCUT2D eigenvalue weighted by molar-refractivity contribution is 0.102. The van der Waals surface area contributed by atoms with E-state index in [9.17, 15) is 13.2 Å². The van der Waals surface area contributed by atoms with Crippen LogP contribution in [0.25, 0.3) is 0 Å². The maximum absolute atomic E-state index is 12.7. The maximum atomic E-state index is 12.7. The molecular weight excluding hydrogens is 424 g/mol. The highest BCUT2D eigenvalue weighted by Gasteiger charge is 2.21. The van der Waals surface area contributed by atoms with Gasteiger partial charge >= 0.3 is 0 Å². The van der Waals surface area contributed by atoms with Crippen molar-refractivity contribution in [3.63, 3.8) is 0 Å². The first-order valence-corrected chi connectivity index (χ1v) is 12.1. The van der Waals surface area contributed by atoms with Gasteiger partial charge in [0.2, 0.25) is 10.0 Å². The number of ether oxygens (including phenoxy) is 1. The zero-order valence-corrected chi connectivity index (χ0v) is 18.5. The monoisotopic (exact) mass is 450 g/mol. The van der Waals surface area contributed by atoms with Crippen LogP contribution in [0.2, 0.25) is 0 Å². The number of rotatable bonds is 10. The van der Waals surface area contributed by atoms with Crippen molar-refractivity contribution < 1.29 is 17.9 Å². The summed E-state index contributed by atoms with van der Waals surface area (Å²) >= 11 is 0. The summed E-state index contributed by atoms with van der Waals surface area (Å²) in [6, 6.07) is 22.7. The third-order valence-electron chi connectivity index (χ3n) is 5.22. The van der Waals surface area contributed by atoms with E-state index in [4.69, 9.17) is 4.74 Å². The van der Waals surface area contributed by atoms with Crippen LogP contribution in [0.4, 0.5) is 5.69 Å². The number of hydrogen-bond donors (Lipinski definition) is 2. The molecule has 166 valence electrons. The minimum Gasteiger partial charge on any atom is -0.376 e. The first kappa shape index (κ1) is 22.2. The fourth-order valence-electron chi connectivity index (χ4n) is 3.23. The molecule has 4 rings (SSSR count). The van der Waals surface area contributed by atoms with E-state index in [0.717, 1.165) is 17.7 Å². The van der Waals surface area contributed by atoms with Crippen LogP contribution in [0.3, 0.4) is 0 Å². The predicted molar refractivity (Wildman–Crippen MR) is 124 cm³/mol. The van der Waals surface area contributed by atoms with Gasteiger partial charge in [0.05, 0.1) is 11.5 Å². The third-order valence-corrected chi connectivity index (χ3v) is 6.62. The van der Waals surface area contributed by atoms with E-state index < -0.39 is 10.0 Å². The van der Waals surface area contributed by atoms with Crippen LogP contribution >= 0.6 is 0 Å². The summed E-state index contributed by atoms with van der Waals surface area (Å²) in [6.45, 7) is 1.45. The summed E-state index contributed by atoms with van der Waals surface area (Å²) in [4.78, 5) is 12.8. The van der Waals surface area contributed by atoms with Crippen LogP contribution < -0.4 is 10.0 Å². The molecule has 1 aliphatic carbocycles. The highest BCUT2D eigenvalue weighted by molar-refractivity contribution is 7.89. The average Bonchev–Trinajstić information content (AvgIpc) is 3.63. The molecule has 0 radical (unpaired) electrons. The van der Waals surface area contributed by atoms with Gasteiger partial charge in [-0.2, -0.15) is 0 Å². The zero-order valence-electron chi connectivity index (χ0n) is 17.7. The third kappa shape index (κ3) is 6.26. The molecule has 0 aromatic heterocycles. The summed E-state index contributed by atoms with van der Waals surface area (Å²) < 4.78 is 33.6. The first-order chi connectivity index (χ1) is 15.5. The summed E-state index contributed by atoms with van der Waals surface area (Å²) in [7, 11) is -3.75. The molecule has 1 saturated carbocycles. The number of sulfonamides is 1. The summed E-state index contributed by atoms with van der Waals surface area (Å²) in [5.74, 6) is 0.324. The maximum Gasteiger partial charge on any atom is 0.255 e. The molecule has 6 nitrogen and oxygen atoms in total. The molecule has 1 fully saturated rings. The minimum atomic E-state index is -3.75. The van der Waals surface area contributed by atoms with Crippen LogP contribution in [-0.4, -0.2) is 20.9 Å². The molecule has 0 aliphatic heterocycles. The van der Waals surface area contributed by atoms with Crippen LogP contribution in [0.5, 0.6) is 0 Å². The summed E-state index contributed by atoms with van der Waals surface area (Å²) in [5.41, 5.74) is 2.73. The number of nitrogens with one attached hydrogen (secondary N) is 2. The minimum absolute atomic E-state index is 0.0447. The van der Waals surface area contributed by atoms with Crippen molar-refractivity contribution in [2.24, 2.45) is 5.92 Å². The second-order valence-electron chi connectivity index (χ2n) is 7.95. The highest BCUT2D eigenvalue weighted by Crippen LogP contribution is 2.29. The zero-order chi connectivity index (χ0) is 22.4. The Morgan fingerprint density at radius 1 is 0.906 bits per heavy atom. The molecule has 32 heavy (non-hydrogen) atoms. The smallest absolute Gasteiger partial charge is 0.255 e. The fourth-order valence-corrected chi connectivity index (χ4v) is 4.30. The fraction of sp³-hybridized carbons (Fsp3) is 0.240. The SMILES string of the molecule is O=C(Nc1cccc(COCC2CC2)c1)c1cccc(S(=O)(=O)NCc2ccccc2)c1. The van der Waals surface area contributed by atoms with E-state index in [1.807, 2.05) is 48.5 Å². The molecule has 0 saturated heterocycles. The number of carbonyl (C=O) groups excluding carboxylic acids is 1. The first-order valence-electron chi connectivity index (χ1n) is 10.6. The van der Waals surface area contributed by atoms with Crippen molar-refractivity contribution in [3.8, 4) is 0 Å². The number of carbonyl (C=O) groups is 1. The molecule has 0 heterocycles. The predicted octanol–water partition coefficient (Wildman–Crippen LogP) is 4.34. The summed E-state index contributed by atoms with van der Waals surface area (Å²) in [6.07, 6.45) is 2.49. The van der Waals surface area contributed by atoms with Gasteiger partial charge in [-0.05, 0) is 60.2 Å². The number of benzene rings is 3. The van der Waals surface area contributed by atoms with Crippen LogP contribution in [0.1, 0.15) is 34.3 Å². The van der Waals surface area contributed by atoms with E-state index in [0.29, 0.717) is 18.2 Å². The van der Waals surface area contributed by atoms with Crippen LogP contribution in [-0.2, 0) is 27.9 Å². The van der Waals surface area contributed by atoms with Gasteiger partial charge in [0, 0.05) is 24.4 Å². The second kappa shape index (κ2) is 10.1. The Hall–Kier alpha value is -3.00. The van der Waals surface area contributed by atoms with Gasteiger partial charge in [-0.25, -0.2) is 13.1 Å². The van der Waals surface area contributed by atoms with Gasteiger partial charge in [-0.15, -0.1) is 0 Å². The van der Waals surface area contributed by atoms with E-state index >= 15 is 0 Å². The molecule has 0 bridgehead atoms. The molecule has 0 atom stereocenters. The number of amides is 1. The van der Waals surface area contributed by atoms with E-state index in [1.165, 1.54) is 25.0 Å². The second-order valence-corrected chi connectivity index (χ2v) is 9.72. The van der Waals surface area contributed by atoms with Crippen LogP contribution in [0, 0.1) is 5.92 Å². The van der Waals surface area contributed by atoms with Gasteiger partial charge in [-0.3, -0.25) is 4.79 Å². The Bertz CT molecular complexity index is 1180. The van der Waals surface area contributed by atoms with Gasteiger partial charge in [-0.1, -0.05) is 48.5 Å². The Balaban J connectivity index is 1.39. The van der Waals surface area contributed by atoms with Crippen molar-refractivity contribution in [2.45, 2.75) is 30.9 Å². The Kier molecular flexibility index (Phi) is 6.99. The van der Waals surface area contributed by atoms with E-state index in [2.05, 4.69) is 10.0 Å². The lowest BCUT2D eigenvalue weighted by Crippen LogP contribution is -2.23. The van der Waals surface area contributed by atoms with Crippen molar-refractivity contribution in [1.29, 1.82) is 0 Å². The lowest BCUT2D eigenvalue weighted by Gasteiger charge is -2.10. The van der Waals surface area contributed by atoms with Crippen LogP contribution in [0.15, 0.2) is 83.8 Å². The average molecular weight is 451 g/mol. The Morgan fingerprint density at radius 2 is 1.66 bits per heavy atom. The van der Waals surface area contributed by atoms with Gasteiger partial charge in [0.15, 0.2) is 0 Å². The van der Waals surface area contributed by atoms with Crippen molar-refractivity contribution in [1.82, 2.24) is 4.72 Å². The van der Waals surface area contributed by atoms with E-state index in [1.54, 1.807) is 18.2 Å². The molecule has 1 aliphatic rings. The molecule has 2 N–H and O–H groups in total. The quantitative estimate of drug-likeness (QED) is 0.481.